The van der Waals surface area contributed by atoms with Gasteiger partial charge in [0.1, 0.15) is 62.7 Å². The van der Waals surface area contributed by atoms with Gasteiger partial charge in [-0.2, -0.15) is 54.2 Å². The smallest absolute Gasteiger partial charge is 0.243 e. The van der Waals surface area contributed by atoms with Crippen molar-refractivity contribution in [3.8, 4) is 74.1 Å². The number of hydrogen-bond donors (Lipinski definition) is 5. The van der Waals surface area contributed by atoms with Gasteiger partial charge in [-0.05, 0) is 106 Å². The second-order valence-corrected chi connectivity index (χ2v) is 43.2. The van der Waals surface area contributed by atoms with Gasteiger partial charge in [0, 0.05) is 202 Å². The van der Waals surface area contributed by atoms with E-state index in [0.29, 0.717) is 55.6 Å². The average Bonchev–Trinajstić information content (AvgIpc) is 1.71. The molecule has 0 bridgehead atoms. The highest BCUT2D eigenvalue weighted by atomic mass is 35.5. The van der Waals surface area contributed by atoms with Crippen LogP contribution in [0.3, 0.4) is 0 Å². The number of nitrogens with one attached hydrogen (secondary N) is 5. The fourth-order valence-corrected chi connectivity index (χ4v) is 22.6. The molecule has 133 heavy (non-hydrogen) atoms. The standard InChI is InChI=1S/C18H21N7OS.C18H20N6O2S.C18H18N6O.C17H19N7O2S.C16H16ClN7O2S/c1-19-11-18(12-24(13-18)27(4,26)23(2)3)25-10-14(9-22-25)15-5-7-20-17-16(15)6-8-21-17;1-3-27(25,26)23-11-18(12-23,6-7-19)24-10-16(13(2)22-24)14-4-8-20-17-15(14)5-9-21-17;1-3-16(25)23-11-18(12-23,10-19-2)24-9-13(8-22-24)14-4-6-20-17-15(14)5-7-21-17;1-3-27(25,26)23-9-17(10-23,12(2)6-18)24-8-13(7-22-24)15-14-4-5-19-16(14)21-11-20-15;1-2-27(25,26)23-8-16(9-23,3-4-18)24-7-11(6-21-24)14-12-5-13(17)22-15(12)20-10-19-14/h5-10H,4,11-13H2,2-3H3,(H,20,21);4-5,8-10H,3,6,11-12H2,1-2H3,(H,20,21);4-9H,3,10-12H2,1H3,(H,20,21);4-5,7-8,11-12H,3,9-10H2,1-2H3,(H,19,20,21);5-7,10H,2-3,8-9H2,1H3,(H,19,20,22). The second-order valence-electron chi connectivity index (χ2n) is 33.6. The monoisotopic (exact) mass is 1890 g/mol. The van der Waals surface area contributed by atoms with Gasteiger partial charge in [0.2, 0.25) is 49.1 Å². The summed E-state index contributed by atoms with van der Waals surface area (Å²) in [5, 5.41) is 55.8. The molecule has 5 aliphatic heterocycles. The largest absolute Gasteiger partial charge is 0.346 e. The molecule has 41 nitrogen and oxygen atoms in total. The zero-order valence-electron chi connectivity index (χ0n) is 73.8. The van der Waals surface area contributed by atoms with Crippen molar-refractivity contribution in [1.82, 2.24) is 135 Å². The molecule has 1 amide bonds. The molecule has 15 aromatic heterocycles. The van der Waals surface area contributed by atoms with Crippen LogP contribution in [-0.2, 0) is 72.5 Å². The van der Waals surface area contributed by atoms with E-state index in [4.69, 9.17) is 24.7 Å². The molecule has 0 aliphatic carbocycles. The van der Waals surface area contributed by atoms with Crippen molar-refractivity contribution >= 4 is 119 Å². The molecule has 0 aromatic carbocycles. The van der Waals surface area contributed by atoms with E-state index < -0.39 is 73.6 Å². The summed E-state index contributed by atoms with van der Waals surface area (Å²) in [5.74, 6) is 3.71. The average molecular weight is 1890 g/mol. The van der Waals surface area contributed by atoms with Crippen molar-refractivity contribution in [2.75, 3.05) is 110 Å². The summed E-state index contributed by atoms with van der Waals surface area (Å²) in [6.07, 6.45) is 32.9. The minimum absolute atomic E-state index is 0.0349. The summed E-state index contributed by atoms with van der Waals surface area (Å²) < 4.78 is 102. The lowest BCUT2D eigenvalue weighted by Gasteiger charge is -2.50. The van der Waals surface area contributed by atoms with Gasteiger partial charge >= 0.3 is 0 Å². The highest BCUT2D eigenvalue weighted by molar-refractivity contribution is 7.96. The van der Waals surface area contributed by atoms with Crippen LogP contribution in [0.5, 0.6) is 0 Å². The number of likely N-dealkylation sites (tertiary alicyclic amines) is 1. The molecule has 2 unspecified atom stereocenters. The Balaban J connectivity index is 0.000000121. The van der Waals surface area contributed by atoms with Crippen molar-refractivity contribution in [2.45, 2.75) is 88.5 Å². The zero-order chi connectivity index (χ0) is 94.4. The molecule has 5 saturated heterocycles. The number of fused-ring (bicyclic) bond motifs is 5. The van der Waals surface area contributed by atoms with Crippen LogP contribution in [-0.4, -0.2) is 286 Å². The SMILES string of the molecule is CCS(=O)(=O)N1CC(C(C)C#N)(n2cc(-c3ncnc4[nH]ccc34)cn2)C1.CCS(=O)(=O)N1CC(CC#N)(n2cc(-c3ccnc4[nH]ccc34)c(C)n2)C1.CCS(=O)(=O)N1CC(CC#N)(n2cc(-c3ncnc4[nH]c(Cl)cc34)cn2)C1.[C-]#[N+]CC1(n2cc(-c3ccnc4[nH]ccc34)cn2)CN(C(=O)CC)C1.[C-]#[N+]CC1(n2cc(-c3ccnc4[nH]ccc34)cn2)CN(S(=C)(=O)N(C)C)C1. The number of rotatable bonds is 24. The molecular weight excluding hydrogens is 1800 g/mol. The summed E-state index contributed by atoms with van der Waals surface area (Å²) >= 11 is 6.02. The zero-order valence-corrected chi connectivity index (χ0v) is 77.8. The van der Waals surface area contributed by atoms with Crippen LogP contribution in [0, 0.1) is 60.0 Å². The van der Waals surface area contributed by atoms with Crippen molar-refractivity contribution in [2.24, 2.45) is 5.92 Å². The number of nitrogens with zero attached hydrogens (tertiary/aromatic N) is 28. The number of carbonyl (C=O) groups is 1. The highest BCUT2D eigenvalue weighted by Gasteiger charge is 2.56. The van der Waals surface area contributed by atoms with E-state index in [0.717, 1.165) is 105 Å². The molecule has 2 atom stereocenters. The molecule has 5 fully saturated rings. The van der Waals surface area contributed by atoms with Crippen molar-refractivity contribution in [1.29, 1.82) is 15.8 Å². The Morgan fingerprint density at radius 3 is 1.37 bits per heavy atom. The van der Waals surface area contributed by atoms with Crippen LogP contribution in [0.15, 0.2) is 160 Å². The summed E-state index contributed by atoms with van der Waals surface area (Å²) in [4.78, 5) is 66.2. The first-order valence-electron chi connectivity index (χ1n) is 42.4. The first-order valence-corrected chi connectivity index (χ1v) is 49.2. The van der Waals surface area contributed by atoms with Gasteiger partial charge in [-0.15, -0.1) is 0 Å². The Labute approximate surface area is 771 Å². The molecule has 686 valence electrons. The van der Waals surface area contributed by atoms with Crippen molar-refractivity contribution < 1.29 is 34.3 Å². The Hall–Kier alpha value is -13.8. The fraction of sp³-hybridized carbons (Fsp3) is 0.368. The number of aromatic nitrogens is 22. The lowest BCUT2D eigenvalue weighted by molar-refractivity contribution is -0.141. The van der Waals surface area contributed by atoms with Gasteiger partial charge in [0.25, 0.3) is 0 Å². The van der Waals surface area contributed by atoms with E-state index in [1.54, 1.807) is 114 Å². The van der Waals surface area contributed by atoms with E-state index in [2.05, 4.69) is 119 Å². The normalized spacial score (nSPS) is 17.3. The molecule has 46 heteroatoms. The van der Waals surface area contributed by atoms with Crippen molar-refractivity contribution in [3.63, 3.8) is 0 Å². The number of amides is 1. The fourth-order valence-electron chi connectivity index (χ4n) is 17.3. The number of aryl methyl sites for hydroxylation is 1. The molecule has 20 heterocycles. The number of carbonyl (C=O) groups excluding carboxylic acids is 1. The molecule has 0 spiro atoms. The van der Waals surface area contributed by atoms with Crippen LogP contribution < -0.4 is 0 Å². The Bertz CT molecular complexity index is 7620. The van der Waals surface area contributed by atoms with Crippen LogP contribution >= 0.6 is 11.6 Å². The van der Waals surface area contributed by atoms with Crippen LogP contribution in [0.4, 0.5) is 0 Å². The highest BCUT2D eigenvalue weighted by Crippen LogP contribution is 2.44. The molecule has 0 saturated carbocycles. The van der Waals surface area contributed by atoms with Crippen molar-refractivity contribution in [3.05, 3.63) is 194 Å². The maximum absolute atomic E-state index is 12.8. The predicted molar refractivity (Wildman–Crippen MR) is 500 cm³/mol. The van der Waals surface area contributed by atoms with Crippen LogP contribution in [0.1, 0.15) is 59.6 Å². The minimum Gasteiger partial charge on any atom is -0.346 e. The number of nitriles is 3. The van der Waals surface area contributed by atoms with Gasteiger partial charge in [0.15, 0.2) is 11.1 Å². The molecule has 0 radical (unpaired) electrons. The third-order valence-electron chi connectivity index (χ3n) is 25.4. The number of pyridine rings is 3. The summed E-state index contributed by atoms with van der Waals surface area (Å²) in [6, 6.07) is 22.1. The first kappa shape index (κ1) is 92.5. The van der Waals surface area contributed by atoms with Gasteiger partial charge in [-0.25, -0.2) is 86.1 Å². The quantitative estimate of drug-likeness (QED) is 0.0278. The topological polar surface area (TPSA) is 494 Å². The summed E-state index contributed by atoms with van der Waals surface area (Å²) in [6.45, 7) is 29.2. The number of halogens is 1. The molecule has 15 aromatic rings. The summed E-state index contributed by atoms with van der Waals surface area (Å²) in [7, 11) is -8.83. The van der Waals surface area contributed by atoms with E-state index in [1.807, 2.05) is 126 Å². The maximum atomic E-state index is 12.8. The van der Waals surface area contributed by atoms with E-state index >= 15 is 0 Å². The number of aromatic amines is 5. The first-order chi connectivity index (χ1) is 63.7. The molecule has 20 rings (SSSR count). The van der Waals surface area contributed by atoms with E-state index in [9.17, 15) is 50.0 Å². The third-order valence-corrected chi connectivity index (χ3v) is 33.1. The van der Waals surface area contributed by atoms with Crippen LogP contribution in [0.25, 0.3) is 121 Å². The summed E-state index contributed by atoms with van der Waals surface area (Å²) in [5.41, 5.74) is 10.7. The maximum Gasteiger partial charge on any atom is 0.243 e. The third kappa shape index (κ3) is 17.1. The lowest BCUT2D eigenvalue weighted by Crippen LogP contribution is -2.67. The predicted octanol–water partition coefficient (Wildman–Crippen LogP) is 8.86. The lowest BCUT2D eigenvalue weighted by atomic mass is 9.80. The molecule has 5 aliphatic rings. The number of H-pyrrole nitrogens is 5. The minimum atomic E-state index is -3.29. The van der Waals surface area contributed by atoms with Gasteiger partial charge in [-0.3, -0.25) is 28.2 Å². The molecular formula is C87H94ClN33O8S4. The van der Waals surface area contributed by atoms with Gasteiger partial charge < -0.3 is 39.5 Å². The van der Waals surface area contributed by atoms with Crippen LogP contribution in [0.2, 0.25) is 5.15 Å². The Morgan fingerprint density at radius 2 is 0.902 bits per heavy atom. The second kappa shape index (κ2) is 36.4. The van der Waals surface area contributed by atoms with Gasteiger partial charge in [0.05, 0.1) is 119 Å². The number of sulfonamides is 3. The van der Waals surface area contributed by atoms with E-state index in [-0.39, 0.29) is 81.8 Å². The van der Waals surface area contributed by atoms with E-state index in [1.165, 1.54) is 25.6 Å². The Kier molecular flexibility index (Phi) is 25.3. The van der Waals surface area contributed by atoms with Gasteiger partial charge in [-0.1, -0.05) is 18.5 Å². The molecule has 5 N–H and O–H groups in total. The number of hydrogen-bond acceptors (Lipinski definition) is 23. The Morgan fingerprint density at radius 1 is 0.504 bits per heavy atom.